The Morgan fingerprint density at radius 2 is 1.75 bits per heavy atom. The van der Waals surface area contributed by atoms with Crippen molar-refractivity contribution in [2.24, 2.45) is 0 Å². The van der Waals surface area contributed by atoms with Crippen molar-refractivity contribution in [3.05, 3.63) is 58.7 Å². The molecule has 0 aromatic heterocycles. The van der Waals surface area contributed by atoms with Crippen molar-refractivity contribution in [1.29, 1.82) is 0 Å². The van der Waals surface area contributed by atoms with Gasteiger partial charge in [0.1, 0.15) is 22.9 Å². The van der Waals surface area contributed by atoms with Crippen LogP contribution in [0.2, 0.25) is 0 Å². The Balaban J connectivity index is 2.56. The molecular formula is C16H11F5O3. The topological polar surface area (TPSA) is 46.5 Å². The van der Waals surface area contributed by atoms with E-state index in [9.17, 15) is 26.7 Å². The van der Waals surface area contributed by atoms with Gasteiger partial charge in [-0.05, 0) is 42.3 Å². The first kappa shape index (κ1) is 17.7. The van der Waals surface area contributed by atoms with E-state index < -0.39 is 40.7 Å². The maximum atomic E-state index is 14.0. The van der Waals surface area contributed by atoms with E-state index in [4.69, 9.17) is 9.84 Å². The van der Waals surface area contributed by atoms with Crippen LogP contribution in [0.5, 0.6) is 11.5 Å². The van der Waals surface area contributed by atoms with Gasteiger partial charge >= 0.3 is 12.1 Å². The largest absolute Gasteiger partial charge is 0.477 e. The number of aromatic carboxylic acids is 1. The third-order valence-corrected chi connectivity index (χ3v) is 3.25. The smallest absolute Gasteiger partial charge is 0.419 e. The van der Waals surface area contributed by atoms with E-state index in [0.29, 0.717) is 18.1 Å². The van der Waals surface area contributed by atoms with E-state index in [2.05, 4.69) is 0 Å². The molecule has 0 spiro atoms. The maximum absolute atomic E-state index is 14.0. The van der Waals surface area contributed by atoms with Crippen LogP contribution in [-0.2, 0) is 12.6 Å². The van der Waals surface area contributed by atoms with Crippen LogP contribution in [0.25, 0.3) is 0 Å². The second-order valence-corrected chi connectivity index (χ2v) is 4.81. The highest BCUT2D eigenvalue weighted by Crippen LogP contribution is 2.37. The molecule has 2 aromatic carbocycles. The van der Waals surface area contributed by atoms with Crippen LogP contribution in [0.4, 0.5) is 22.0 Å². The molecule has 8 heteroatoms. The molecule has 0 unspecified atom stereocenters. The van der Waals surface area contributed by atoms with Crippen LogP contribution in [0.1, 0.15) is 28.4 Å². The highest BCUT2D eigenvalue weighted by Gasteiger charge is 2.37. The van der Waals surface area contributed by atoms with Gasteiger partial charge in [0.15, 0.2) is 5.82 Å². The number of rotatable bonds is 4. The van der Waals surface area contributed by atoms with Crippen LogP contribution in [-0.4, -0.2) is 11.1 Å². The van der Waals surface area contributed by atoms with Crippen LogP contribution < -0.4 is 4.74 Å². The van der Waals surface area contributed by atoms with Crippen molar-refractivity contribution in [1.82, 2.24) is 0 Å². The summed E-state index contributed by atoms with van der Waals surface area (Å²) in [5.41, 5.74) is -2.59. The van der Waals surface area contributed by atoms with E-state index in [1.165, 1.54) is 6.07 Å². The number of hydrogen-bond donors (Lipinski definition) is 1. The molecule has 0 aliphatic rings. The van der Waals surface area contributed by atoms with Crippen LogP contribution >= 0.6 is 0 Å². The molecule has 128 valence electrons. The van der Waals surface area contributed by atoms with Gasteiger partial charge in [-0.15, -0.1) is 0 Å². The Morgan fingerprint density at radius 1 is 1.12 bits per heavy atom. The standard InChI is InChI=1S/C16H11F5O3/c1-2-8-7-9(17)3-5-11(8)24-12-6-4-10(16(19,20)21)14(18)13(12)15(22)23/h3-7H,2H2,1H3,(H,22,23). The van der Waals surface area contributed by atoms with Gasteiger partial charge in [-0.3, -0.25) is 0 Å². The minimum absolute atomic E-state index is 0.0283. The molecule has 0 saturated heterocycles. The van der Waals surface area contributed by atoms with Crippen molar-refractivity contribution in [3.63, 3.8) is 0 Å². The predicted molar refractivity (Wildman–Crippen MR) is 74.2 cm³/mol. The van der Waals surface area contributed by atoms with Crippen molar-refractivity contribution >= 4 is 5.97 Å². The second kappa shape index (κ2) is 6.46. The number of hydrogen-bond acceptors (Lipinski definition) is 2. The number of benzene rings is 2. The Kier molecular flexibility index (Phi) is 4.77. The molecule has 0 heterocycles. The summed E-state index contributed by atoms with van der Waals surface area (Å²) in [6.45, 7) is 1.67. The molecule has 0 aliphatic carbocycles. The normalized spacial score (nSPS) is 11.4. The third kappa shape index (κ3) is 3.47. The van der Waals surface area contributed by atoms with Crippen LogP contribution in [0, 0.1) is 11.6 Å². The number of carbonyl (C=O) groups is 1. The first-order chi connectivity index (χ1) is 11.1. The number of ether oxygens (including phenoxy) is 1. The minimum atomic E-state index is -5.04. The number of carboxylic acid groups (broad SMARTS) is 1. The first-order valence-electron chi connectivity index (χ1n) is 6.74. The number of alkyl halides is 3. The molecule has 3 nitrogen and oxygen atoms in total. The van der Waals surface area contributed by atoms with E-state index in [1.807, 2.05) is 0 Å². The molecule has 0 fully saturated rings. The fraction of sp³-hybridized carbons (Fsp3) is 0.188. The lowest BCUT2D eigenvalue weighted by Gasteiger charge is -2.15. The van der Waals surface area contributed by atoms with Gasteiger partial charge < -0.3 is 9.84 Å². The van der Waals surface area contributed by atoms with Gasteiger partial charge in [0.05, 0.1) is 5.56 Å². The molecule has 2 rings (SSSR count). The Bertz CT molecular complexity index is 784. The van der Waals surface area contributed by atoms with Crippen molar-refractivity contribution < 1.29 is 36.6 Å². The SMILES string of the molecule is CCc1cc(F)ccc1Oc1ccc(C(F)(F)F)c(F)c1C(=O)O. The van der Waals surface area contributed by atoms with Gasteiger partial charge in [-0.1, -0.05) is 6.92 Å². The molecule has 0 bridgehead atoms. The summed E-state index contributed by atoms with van der Waals surface area (Å²) in [5, 5.41) is 9.04. The van der Waals surface area contributed by atoms with Crippen LogP contribution in [0.15, 0.2) is 30.3 Å². The average Bonchev–Trinajstić information content (AvgIpc) is 2.47. The summed E-state index contributed by atoms with van der Waals surface area (Å²) in [7, 11) is 0. The highest BCUT2D eigenvalue weighted by molar-refractivity contribution is 5.91. The average molecular weight is 346 g/mol. The quantitative estimate of drug-likeness (QED) is 0.789. The van der Waals surface area contributed by atoms with Gasteiger partial charge in [-0.2, -0.15) is 13.2 Å². The zero-order valence-electron chi connectivity index (χ0n) is 12.2. The monoisotopic (exact) mass is 346 g/mol. The molecule has 0 aliphatic heterocycles. The number of aryl methyl sites for hydroxylation is 1. The zero-order chi connectivity index (χ0) is 18.1. The molecule has 0 saturated carbocycles. The van der Waals surface area contributed by atoms with Crippen molar-refractivity contribution in [2.75, 3.05) is 0 Å². The highest BCUT2D eigenvalue weighted by atomic mass is 19.4. The number of halogens is 5. The van der Waals surface area contributed by atoms with Crippen molar-refractivity contribution in [2.45, 2.75) is 19.5 Å². The van der Waals surface area contributed by atoms with Gasteiger partial charge in [-0.25, -0.2) is 13.6 Å². The molecule has 1 N–H and O–H groups in total. The zero-order valence-corrected chi connectivity index (χ0v) is 12.2. The summed E-state index contributed by atoms with van der Waals surface area (Å²) in [6.07, 6.45) is -4.73. The summed E-state index contributed by atoms with van der Waals surface area (Å²) in [4.78, 5) is 11.2. The summed E-state index contributed by atoms with van der Waals surface area (Å²) < 4.78 is 70.5. The lowest BCUT2D eigenvalue weighted by atomic mass is 10.1. The van der Waals surface area contributed by atoms with Crippen molar-refractivity contribution in [3.8, 4) is 11.5 Å². The third-order valence-electron chi connectivity index (χ3n) is 3.25. The van der Waals surface area contributed by atoms with Gasteiger partial charge in [0, 0.05) is 0 Å². The van der Waals surface area contributed by atoms with Gasteiger partial charge in [0.25, 0.3) is 0 Å². The Morgan fingerprint density at radius 3 is 2.29 bits per heavy atom. The van der Waals surface area contributed by atoms with E-state index in [0.717, 1.165) is 18.2 Å². The second-order valence-electron chi connectivity index (χ2n) is 4.81. The summed E-state index contributed by atoms with van der Waals surface area (Å²) in [5.74, 6) is -4.98. The molecule has 2 aromatic rings. The fourth-order valence-electron chi connectivity index (χ4n) is 2.10. The molecule has 24 heavy (non-hydrogen) atoms. The fourth-order valence-corrected chi connectivity index (χ4v) is 2.10. The first-order valence-corrected chi connectivity index (χ1v) is 6.74. The van der Waals surface area contributed by atoms with E-state index in [-0.39, 0.29) is 5.75 Å². The van der Waals surface area contributed by atoms with Gasteiger partial charge in [0.2, 0.25) is 0 Å². The molecular weight excluding hydrogens is 335 g/mol. The van der Waals surface area contributed by atoms with E-state index in [1.54, 1.807) is 6.92 Å². The minimum Gasteiger partial charge on any atom is -0.477 e. The van der Waals surface area contributed by atoms with E-state index >= 15 is 0 Å². The maximum Gasteiger partial charge on any atom is 0.419 e. The Labute approximate surface area is 133 Å². The lowest BCUT2D eigenvalue weighted by Crippen LogP contribution is -2.13. The molecule has 0 amide bonds. The molecule has 0 atom stereocenters. The molecule has 0 radical (unpaired) electrons. The number of carboxylic acids is 1. The van der Waals surface area contributed by atoms with Crippen LogP contribution in [0.3, 0.4) is 0 Å². The Hall–Kier alpha value is -2.64. The summed E-state index contributed by atoms with van der Waals surface area (Å²) >= 11 is 0. The summed E-state index contributed by atoms with van der Waals surface area (Å²) in [6, 6.07) is 4.48. The predicted octanol–water partition coefficient (Wildman–Crippen LogP) is 5.04. The lowest BCUT2D eigenvalue weighted by molar-refractivity contribution is -0.140.